The van der Waals surface area contributed by atoms with E-state index in [2.05, 4.69) is 34.1 Å². The molecule has 1 amide bonds. The second-order valence-corrected chi connectivity index (χ2v) is 6.94. The molecule has 0 bridgehead atoms. The third-order valence-corrected chi connectivity index (χ3v) is 5.12. The fraction of sp³-hybridized carbons (Fsp3) is 0.273. The summed E-state index contributed by atoms with van der Waals surface area (Å²) in [5.74, 6) is 0.784. The fourth-order valence-corrected chi connectivity index (χ4v) is 3.49. The average molecular weight is 376 g/mol. The van der Waals surface area contributed by atoms with Crippen molar-refractivity contribution in [3.63, 3.8) is 0 Å². The number of imidazole rings is 1. The lowest BCUT2D eigenvalue weighted by molar-refractivity contribution is 0.0628. The van der Waals surface area contributed by atoms with Crippen molar-refractivity contribution in [2.24, 2.45) is 0 Å². The number of nitrogens with zero attached hydrogens (tertiary/aromatic N) is 4. The van der Waals surface area contributed by atoms with E-state index < -0.39 is 0 Å². The molecule has 6 heteroatoms. The van der Waals surface area contributed by atoms with E-state index in [4.69, 9.17) is 4.74 Å². The van der Waals surface area contributed by atoms with Crippen LogP contribution in [-0.2, 0) is 6.54 Å². The summed E-state index contributed by atoms with van der Waals surface area (Å²) in [7, 11) is 1.62. The first-order valence-electron chi connectivity index (χ1n) is 9.46. The van der Waals surface area contributed by atoms with E-state index in [1.54, 1.807) is 25.7 Å². The molecular formula is C22H24N4O2. The molecule has 0 atom stereocenters. The molecule has 0 N–H and O–H groups in total. The lowest BCUT2D eigenvalue weighted by Gasteiger charge is -2.34. The van der Waals surface area contributed by atoms with Crippen LogP contribution < -0.4 is 4.74 Å². The van der Waals surface area contributed by atoms with Crippen LogP contribution in [-0.4, -0.2) is 58.5 Å². The van der Waals surface area contributed by atoms with E-state index in [1.807, 2.05) is 33.9 Å². The van der Waals surface area contributed by atoms with E-state index in [1.165, 1.54) is 5.56 Å². The maximum Gasteiger partial charge on any atom is 0.254 e. The van der Waals surface area contributed by atoms with Crippen LogP contribution in [0.4, 0.5) is 0 Å². The SMILES string of the molecule is COc1cccc(C(=O)N2CCN(Cc3ccc(-n4ccnc4)cc3)CC2)c1. The molecule has 28 heavy (non-hydrogen) atoms. The Balaban J connectivity index is 1.32. The smallest absolute Gasteiger partial charge is 0.254 e. The van der Waals surface area contributed by atoms with Crippen LogP contribution in [0.2, 0.25) is 0 Å². The minimum Gasteiger partial charge on any atom is -0.497 e. The minimum absolute atomic E-state index is 0.0724. The molecule has 0 spiro atoms. The molecule has 2 heterocycles. The first-order valence-corrected chi connectivity index (χ1v) is 9.46. The van der Waals surface area contributed by atoms with Gasteiger partial charge in [0.15, 0.2) is 0 Å². The lowest BCUT2D eigenvalue weighted by Crippen LogP contribution is -2.48. The van der Waals surface area contributed by atoms with Gasteiger partial charge in [-0.1, -0.05) is 18.2 Å². The Bertz CT molecular complexity index is 914. The molecule has 0 radical (unpaired) electrons. The van der Waals surface area contributed by atoms with Crippen LogP contribution in [0.1, 0.15) is 15.9 Å². The Morgan fingerprint density at radius 2 is 1.86 bits per heavy atom. The molecule has 2 aromatic carbocycles. The summed E-state index contributed by atoms with van der Waals surface area (Å²) >= 11 is 0. The van der Waals surface area contributed by atoms with Crippen LogP contribution in [0, 0.1) is 0 Å². The molecule has 1 fully saturated rings. The van der Waals surface area contributed by atoms with E-state index in [0.29, 0.717) is 11.3 Å². The molecule has 1 aliphatic heterocycles. The zero-order valence-corrected chi connectivity index (χ0v) is 16.0. The average Bonchev–Trinajstić information content (AvgIpc) is 3.29. The van der Waals surface area contributed by atoms with Gasteiger partial charge in [0.1, 0.15) is 5.75 Å². The molecule has 0 aliphatic carbocycles. The third kappa shape index (κ3) is 4.07. The van der Waals surface area contributed by atoms with Crippen molar-refractivity contribution >= 4 is 5.91 Å². The summed E-state index contributed by atoms with van der Waals surface area (Å²) in [5, 5.41) is 0. The summed E-state index contributed by atoms with van der Waals surface area (Å²) in [6, 6.07) is 15.9. The van der Waals surface area contributed by atoms with Crippen LogP contribution in [0.15, 0.2) is 67.3 Å². The van der Waals surface area contributed by atoms with E-state index in [0.717, 1.165) is 38.4 Å². The second-order valence-electron chi connectivity index (χ2n) is 6.94. The topological polar surface area (TPSA) is 50.6 Å². The lowest BCUT2D eigenvalue weighted by atomic mass is 10.1. The molecular weight excluding hydrogens is 352 g/mol. The van der Waals surface area contributed by atoms with Gasteiger partial charge in [0.25, 0.3) is 5.91 Å². The van der Waals surface area contributed by atoms with Gasteiger partial charge < -0.3 is 14.2 Å². The highest BCUT2D eigenvalue weighted by molar-refractivity contribution is 5.94. The van der Waals surface area contributed by atoms with Gasteiger partial charge in [-0.05, 0) is 35.9 Å². The zero-order valence-electron chi connectivity index (χ0n) is 16.0. The van der Waals surface area contributed by atoms with Gasteiger partial charge in [-0.25, -0.2) is 4.98 Å². The van der Waals surface area contributed by atoms with Gasteiger partial charge in [0, 0.05) is 56.4 Å². The third-order valence-electron chi connectivity index (χ3n) is 5.12. The number of hydrogen-bond donors (Lipinski definition) is 0. The number of aromatic nitrogens is 2. The molecule has 1 aromatic heterocycles. The van der Waals surface area contributed by atoms with Crippen molar-refractivity contribution in [1.29, 1.82) is 0 Å². The Labute approximate surface area is 165 Å². The predicted octanol–water partition coefficient (Wildman–Crippen LogP) is 2.84. The van der Waals surface area contributed by atoms with Gasteiger partial charge in [0.2, 0.25) is 0 Å². The Morgan fingerprint density at radius 1 is 1.07 bits per heavy atom. The molecule has 1 saturated heterocycles. The number of ether oxygens (including phenoxy) is 1. The first kappa shape index (κ1) is 18.3. The van der Waals surface area contributed by atoms with E-state index in [-0.39, 0.29) is 5.91 Å². The Kier molecular flexibility index (Phi) is 5.39. The van der Waals surface area contributed by atoms with Crippen molar-refractivity contribution < 1.29 is 9.53 Å². The number of methoxy groups -OCH3 is 1. The highest BCUT2D eigenvalue weighted by Gasteiger charge is 2.22. The number of benzene rings is 2. The van der Waals surface area contributed by atoms with E-state index >= 15 is 0 Å². The first-order chi connectivity index (χ1) is 13.7. The number of amides is 1. The van der Waals surface area contributed by atoms with Gasteiger partial charge in [-0.3, -0.25) is 9.69 Å². The van der Waals surface area contributed by atoms with Crippen LogP contribution in [0.5, 0.6) is 5.75 Å². The fourth-order valence-electron chi connectivity index (χ4n) is 3.49. The molecule has 0 saturated carbocycles. The molecule has 4 rings (SSSR count). The van der Waals surface area contributed by atoms with Crippen LogP contribution in [0.25, 0.3) is 5.69 Å². The predicted molar refractivity (Wildman–Crippen MR) is 108 cm³/mol. The van der Waals surface area contributed by atoms with Gasteiger partial charge in [-0.15, -0.1) is 0 Å². The molecule has 0 unspecified atom stereocenters. The van der Waals surface area contributed by atoms with Gasteiger partial charge in [-0.2, -0.15) is 0 Å². The van der Waals surface area contributed by atoms with Gasteiger partial charge in [0.05, 0.1) is 13.4 Å². The second kappa shape index (κ2) is 8.27. The summed E-state index contributed by atoms with van der Waals surface area (Å²) in [4.78, 5) is 21.1. The normalized spacial score (nSPS) is 14.8. The summed E-state index contributed by atoms with van der Waals surface area (Å²) in [5.41, 5.74) is 3.06. The Morgan fingerprint density at radius 3 is 2.54 bits per heavy atom. The number of carbonyl (C=O) groups excluding carboxylic acids is 1. The number of rotatable bonds is 5. The molecule has 144 valence electrons. The summed E-state index contributed by atoms with van der Waals surface area (Å²) in [6.45, 7) is 4.12. The van der Waals surface area contributed by atoms with Crippen molar-refractivity contribution in [2.75, 3.05) is 33.3 Å². The molecule has 3 aromatic rings. The van der Waals surface area contributed by atoms with E-state index in [9.17, 15) is 4.79 Å². The largest absolute Gasteiger partial charge is 0.497 e. The van der Waals surface area contributed by atoms with Crippen molar-refractivity contribution in [3.05, 3.63) is 78.4 Å². The number of carbonyl (C=O) groups is 1. The number of piperazine rings is 1. The van der Waals surface area contributed by atoms with Crippen molar-refractivity contribution in [1.82, 2.24) is 19.4 Å². The van der Waals surface area contributed by atoms with Crippen molar-refractivity contribution in [2.45, 2.75) is 6.54 Å². The molecule has 6 nitrogen and oxygen atoms in total. The Hall–Kier alpha value is -3.12. The standard InChI is InChI=1S/C22H24N4O2/c1-28-21-4-2-3-19(15-21)22(27)25-13-11-24(12-14-25)16-18-5-7-20(8-6-18)26-10-9-23-17-26/h2-10,15,17H,11-14,16H2,1H3. The quantitative estimate of drug-likeness (QED) is 0.687. The summed E-state index contributed by atoms with van der Waals surface area (Å²) < 4.78 is 7.22. The summed E-state index contributed by atoms with van der Waals surface area (Å²) in [6.07, 6.45) is 5.52. The maximum absolute atomic E-state index is 12.7. The minimum atomic E-state index is 0.0724. The van der Waals surface area contributed by atoms with Crippen LogP contribution in [0.3, 0.4) is 0 Å². The van der Waals surface area contributed by atoms with Gasteiger partial charge >= 0.3 is 0 Å². The number of hydrogen-bond acceptors (Lipinski definition) is 4. The molecule has 1 aliphatic rings. The zero-order chi connectivity index (χ0) is 19.3. The van der Waals surface area contributed by atoms with Crippen LogP contribution >= 0.6 is 0 Å². The monoisotopic (exact) mass is 376 g/mol. The highest BCUT2D eigenvalue weighted by Crippen LogP contribution is 2.17. The maximum atomic E-state index is 12.7. The van der Waals surface area contributed by atoms with Crippen molar-refractivity contribution in [3.8, 4) is 11.4 Å². The highest BCUT2D eigenvalue weighted by atomic mass is 16.5.